The van der Waals surface area contributed by atoms with Crippen LogP contribution in [0.2, 0.25) is 0 Å². The molecule has 1 aliphatic carbocycles. The Morgan fingerprint density at radius 2 is 2.25 bits per heavy atom. The standard InChI is InChI=1S/C18H30N4O2/c1-12(2)15-10-22(11-17(15)19-18(23)6-7-24-3)9-14-8-16(21-20-14)13-4-5-13/h8,12-13,15,17H,4-7,9-11H2,1-3H3,(H,19,23)(H,20,21)/t15-,17+/m0/s1. The number of ether oxygens (including phenoxy) is 1. The number of likely N-dealkylation sites (tertiary alicyclic amines) is 1. The molecule has 2 aliphatic rings. The minimum Gasteiger partial charge on any atom is -0.384 e. The van der Waals surface area contributed by atoms with Gasteiger partial charge in [-0.3, -0.25) is 14.8 Å². The van der Waals surface area contributed by atoms with E-state index in [0.29, 0.717) is 30.8 Å². The molecule has 0 bridgehead atoms. The molecule has 3 rings (SSSR count). The second-order valence-corrected chi connectivity index (χ2v) is 7.61. The first-order chi connectivity index (χ1) is 11.6. The van der Waals surface area contributed by atoms with E-state index in [4.69, 9.17) is 4.74 Å². The van der Waals surface area contributed by atoms with Crippen LogP contribution >= 0.6 is 0 Å². The number of nitrogens with one attached hydrogen (secondary N) is 2. The van der Waals surface area contributed by atoms with E-state index in [1.807, 2.05) is 0 Å². The Bertz CT molecular complexity index is 553. The van der Waals surface area contributed by atoms with Crippen molar-refractivity contribution in [2.45, 2.75) is 51.6 Å². The lowest BCUT2D eigenvalue weighted by Crippen LogP contribution is -2.42. The van der Waals surface area contributed by atoms with E-state index in [-0.39, 0.29) is 11.9 Å². The number of rotatable bonds is 8. The van der Waals surface area contributed by atoms with E-state index in [2.05, 4.69) is 40.3 Å². The number of aromatic amines is 1. The first-order valence-electron chi connectivity index (χ1n) is 9.11. The maximum atomic E-state index is 12.1. The molecule has 2 atom stereocenters. The zero-order valence-corrected chi connectivity index (χ0v) is 15.0. The maximum Gasteiger partial charge on any atom is 0.222 e. The number of H-pyrrole nitrogens is 1. The average Bonchev–Trinajstić information content (AvgIpc) is 3.16. The zero-order chi connectivity index (χ0) is 17.1. The first-order valence-corrected chi connectivity index (χ1v) is 9.11. The van der Waals surface area contributed by atoms with E-state index in [0.717, 1.165) is 19.6 Å². The molecule has 1 aromatic rings. The lowest BCUT2D eigenvalue weighted by molar-refractivity contribution is -0.122. The Balaban J connectivity index is 1.55. The Hall–Kier alpha value is -1.40. The summed E-state index contributed by atoms with van der Waals surface area (Å²) < 4.78 is 5.00. The van der Waals surface area contributed by atoms with Crippen molar-refractivity contribution in [1.29, 1.82) is 0 Å². The average molecular weight is 334 g/mol. The molecule has 134 valence electrons. The lowest BCUT2D eigenvalue weighted by Gasteiger charge is -2.22. The monoisotopic (exact) mass is 334 g/mol. The molecule has 0 unspecified atom stereocenters. The van der Waals surface area contributed by atoms with Gasteiger partial charge in [0.2, 0.25) is 5.91 Å². The van der Waals surface area contributed by atoms with Gasteiger partial charge in [0, 0.05) is 50.8 Å². The summed E-state index contributed by atoms with van der Waals surface area (Å²) in [5.41, 5.74) is 2.40. The third-order valence-corrected chi connectivity index (χ3v) is 5.22. The van der Waals surface area contributed by atoms with Crippen molar-refractivity contribution in [1.82, 2.24) is 20.4 Å². The van der Waals surface area contributed by atoms with Gasteiger partial charge in [0.05, 0.1) is 12.3 Å². The molecule has 6 nitrogen and oxygen atoms in total. The quantitative estimate of drug-likeness (QED) is 0.762. The summed E-state index contributed by atoms with van der Waals surface area (Å²) in [5.74, 6) is 1.81. The summed E-state index contributed by atoms with van der Waals surface area (Å²) in [7, 11) is 1.63. The number of hydrogen-bond acceptors (Lipinski definition) is 4. The van der Waals surface area contributed by atoms with Gasteiger partial charge in [0.15, 0.2) is 0 Å². The normalized spacial score (nSPS) is 24.7. The summed E-state index contributed by atoms with van der Waals surface area (Å²) in [6.07, 6.45) is 2.99. The highest BCUT2D eigenvalue weighted by Crippen LogP contribution is 2.39. The third kappa shape index (κ3) is 4.36. The molecule has 6 heteroatoms. The number of carbonyl (C=O) groups excluding carboxylic acids is 1. The van der Waals surface area contributed by atoms with Crippen LogP contribution in [0.1, 0.15) is 50.4 Å². The summed E-state index contributed by atoms with van der Waals surface area (Å²) in [4.78, 5) is 14.5. The number of aromatic nitrogens is 2. The molecule has 0 aromatic carbocycles. The summed E-state index contributed by atoms with van der Waals surface area (Å²) in [5, 5.41) is 10.8. The smallest absolute Gasteiger partial charge is 0.222 e. The minimum atomic E-state index is 0.0897. The van der Waals surface area contributed by atoms with Crippen LogP contribution in [0.15, 0.2) is 6.07 Å². The van der Waals surface area contributed by atoms with Gasteiger partial charge in [-0.2, -0.15) is 5.10 Å². The molecule has 0 radical (unpaired) electrons. The highest BCUT2D eigenvalue weighted by atomic mass is 16.5. The van der Waals surface area contributed by atoms with E-state index < -0.39 is 0 Å². The number of methoxy groups -OCH3 is 1. The van der Waals surface area contributed by atoms with Gasteiger partial charge in [-0.05, 0) is 30.7 Å². The van der Waals surface area contributed by atoms with Gasteiger partial charge in [-0.25, -0.2) is 0 Å². The van der Waals surface area contributed by atoms with Crippen LogP contribution in [0.4, 0.5) is 0 Å². The van der Waals surface area contributed by atoms with Crippen molar-refractivity contribution < 1.29 is 9.53 Å². The van der Waals surface area contributed by atoms with E-state index >= 15 is 0 Å². The van der Waals surface area contributed by atoms with Gasteiger partial charge in [0.1, 0.15) is 0 Å². The molecule has 1 aliphatic heterocycles. The molecular formula is C18H30N4O2. The SMILES string of the molecule is COCCC(=O)N[C@@H]1CN(Cc2cc(C3CC3)n[nH]2)C[C@H]1C(C)C. The van der Waals surface area contributed by atoms with Gasteiger partial charge in [-0.1, -0.05) is 13.8 Å². The molecule has 1 saturated carbocycles. The number of amides is 1. The Morgan fingerprint density at radius 3 is 2.92 bits per heavy atom. The zero-order valence-electron chi connectivity index (χ0n) is 15.0. The lowest BCUT2D eigenvalue weighted by atomic mass is 9.91. The Morgan fingerprint density at radius 1 is 1.46 bits per heavy atom. The summed E-state index contributed by atoms with van der Waals surface area (Å²) in [6, 6.07) is 2.44. The third-order valence-electron chi connectivity index (χ3n) is 5.22. The summed E-state index contributed by atoms with van der Waals surface area (Å²) >= 11 is 0. The predicted molar refractivity (Wildman–Crippen MR) is 92.6 cm³/mol. The fourth-order valence-electron chi connectivity index (χ4n) is 3.63. The number of hydrogen-bond donors (Lipinski definition) is 2. The number of nitrogens with zero attached hydrogens (tertiary/aromatic N) is 2. The van der Waals surface area contributed by atoms with Crippen molar-refractivity contribution in [3.8, 4) is 0 Å². The van der Waals surface area contributed by atoms with E-state index in [9.17, 15) is 4.79 Å². The second kappa shape index (κ2) is 7.66. The minimum absolute atomic E-state index is 0.0897. The fraction of sp³-hybridized carbons (Fsp3) is 0.778. The van der Waals surface area contributed by atoms with Crippen LogP contribution in [0.25, 0.3) is 0 Å². The maximum absolute atomic E-state index is 12.1. The van der Waals surface area contributed by atoms with Crippen LogP contribution in [0, 0.1) is 11.8 Å². The van der Waals surface area contributed by atoms with Crippen molar-refractivity contribution in [2.75, 3.05) is 26.8 Å². The van der Waals surface area contributed by atoms with Gasteiger partial charge >= 0.3 is 0 Å². The largest absolute Gasteiger partial charge is 0.384 e. The van der Waals surface area contributed by atoms with Crippen molar-refractivity contribution in [2.24, 2.45) is 11.8 Å². The Labute approximate surface area is 144 Å². The van der Waals surface area contributed by atoms with Crippen molar-refractivity contribution >= 4 is 5.91 Å². The van der Waals surface area contributed by atoms with Crippen LogP contribution in [0.3, 0.4) is 0 Å². The van der Waals surface area contributed by atoms with E-state index in [1.165, 1.54) is 24.2 Å². The highest BCUT2D eigenvalue weighted by Gasteiger charge is 2.35. The molecule has 0 spiro atoms. The summed E-state index contributed by atoms with van der Waals surface area (Å²) in [6.45, 7) is 7.76. The molecule has 1 amide bonds. The fourth-order valence-corrected chi connectivity index (χ4v) is 3.63. The molecule has 1 saturated heterocycles. The number of carbonyl (C=O) groups is 1. The molecular weight excluding hydrogens is 304 g/mol. The van der Waals surface area contributed by atoms with Crippen molar-refractivity contribution in [3.63, 3.8) is 0 Å². The van der Waals surface area contributed by atoms with Gasteiger partial charge in [-0.15, -0.1) is 0 Å². The van der Waals surface area contributed by atoms with Crippen LogP contribution in [-0.2, 0) is 16.1 Å². The first kappa shape index (κ1) is 17.4. The molecule has 24 heavy (non-hydrogen) atoms. The molecule has 2 N–H and O–H groups in total. The Kier molecular flexibility index (Phi) is 5.56. The second-order valence-electron chi connectivity index (χ2n) is 7.61. The molecule has 1 aromatic heterocycles. The predicted octanol–water partition coefficient (Wildman–Crippen LogP) is 1.90. The van der Waals surface area contributed by atoms with Gasteiger partial charge < -0.3 is 10.1 Å². The molecule has 2 fully saturated rings. The van der Waals surface area contributed by atoms with Gasteiger partial charge in [0.25, 0.3) is 0 Å². The van der Waals surface area contributed by atoms with Crippen LogP contribution < -0.4 is 5.32 Å². The van der Waals surface area contributed by atoms with E-state index in [1.54, 1.807) is 7.11 Å². The van der Waals surface area contributed by atoms with Crippen LogP contribution in [-0.4, -0.2) is 53.9 Å². The molecule has 2 heterocycles. The van der Waals surface area contributed by atoms with Crippen molar-refractivity contribution in [3.05, 3.63) is 17.5 Å². The van der Waals surface area contributed by atoms with Crippen LogP contribution in [0.5, 0.6) is 0 Å². The topological polar surface area (TPSA) is 70.2 Å². The highest BCUT2D eigenvalue weighted by molar-refractivity contribution is 5.76.